The zero-order valence-corrected chi connectivity index (χ0v) is 20.8. The fraction of sp³-hybridized carbons (Fsp3) is 0.346. The van der Waals surface area contributed by atoms with Gasteiger partial charge in [0.05, 0.1) is 31.5 Å². The molecule has 1 N–H and O–H groups in total. The molecule has 0 bridgehead atoms. The maximum atomic E-state index is 13.4. The Morgan fingerprint density at radius 3 is 2.51 bits per heavy atom. The third-order valence-corrected chi connectivity index (χ3v) is 6.30. The molecule has 1 aliphatic heterocycles. The first-order valence-electron chi connectivity index (χ1n) is 11.3. The van der Waals surface area contributed by atoms with Crippen molar-refractivity contribution in [3.63, 3.8) is 0 Å². The number of aliphatic hydroxyl groups excluding tert-OH is 1. The number of aromatic nitrogens is 2. The molecule has 184 valence electrons. The molecule has 1 aliphatic rings. The van der Waals surface area contributed by atoms with Gasteiger partial charge in [0.1, 0.15) is 11.3 Å². The van der Waals surface area contributed by atoms with Crippen LogP contribution in [0.1, 0.15) is 28.6 Å². The molecule has 0 spiro atoms. The Morgan fingerprint density at radius 2 is 1.86 bits per heavy atom. The summed E-state index contributed by atoms with van der Waals surface area (Å²) >= 11 is 0. The number of ketones is 1. The average molecular weight is 479 g/mol. The van der Waals surface area contributed by atoms with Crippen LogP contribution in [0, 0.1) is 13.8 Å². The zero-order valence-electron chi connectivity index (χ0n) is 20.8. The predicted molar refractivity (Wildman–Crippen MR) is 132 cm³/mol. The topological polar surface area (TPSA) is 96.6 Å². The number of para-hydroxylation sites is 1. The summed E-state index contributed by atoms with van der Waals surface area (Å²) < 4.78 is 12.9. The molecule has 0 saturated carbocycles. The number of methoxy groups -OCH3 is 2. The Hall–Kier alpha value is -3.85. The zero-order chi connectivity index (χ0) is 25.4. The van der Waals surface area contributed by atoms with Crippen LogP contribution in [0.5, 0.6) is 11.5 Å². The maximum Gasteiger partial charge on any atom is 0.295 e. The summed E-state index contributed by atoms with van der Waals surface area (Å²) in [4.78, 5) is 34.7. The lowest BCUT2D eigenvalue weighted by Gasteiger charge is -2.28. The fourth-order valence-corrected chi connectivity index (χ4v) is 4.60. The van der Waals surface area contributed by atoms with Crippen LogP contribution in [0.3, 0.4) is 0 Å². The van der Waals surface area contributed by atoms with E-state index in [0.717, 1.165) is 5.56 Å². The minimum atomic E-state index is -0.866. The van der Waals surface area contributed by atoms with Gasteiger partial charge in [0.15, 0.2) is 17.3 Å². The highest BCUT2D eigenvalue weighted by atomic mass is 16.5. The summed E-state index contributed by atoms with van der Waals surface area (Å²) in [5.74, 6) is -0.844. The Bertz CT molecular complexity index is 1340. The van der Waals surface area contributed by atoms with Crippen LogP contribution < -0.4 is 9.47 Å². The predicted octanol–water partition coefficient (Wildman–Crippen LogP) is 2.95. The molecule has 9 nitrogen and oxygen atoms in total. The summed E-state index contributed by atoms with van der Waals surface area (Å²) in [6.45, 7) is 4.51. The van der Waals surface area contributed by atoms with Gasteiger partial charge in [0, 0.05) is 24.8 Å². The van der Waals surface area contributed by atoms with Crippen LogP contribution in [-0.2, 0) is 9.59 Å². The Morgan fingerprint density at radius 1 is 1.11 bits per heavy atom. The van der Waals surface area contributed by atoms with Gasteiger partial charge in [-0.3, -0.25) is 14.0 Å². The number of benzene rings is 1. The molecule has 0 aliphatic carbocycles. The van der Waals surface area contributed by atoms with Gasteiger partial charge in [-0.2, -0.15) is 0 Å². The Labute approximate surface area is 204 Å². The highest BCUT2D eigenvalue weighted by Crippen LogP contribution is 2.45. The average Bonchev–Trinajstić information content (AvgIpc) is 3.30. The van der Waals surface area contributed by atoms with E-state index < -0.39 is 17.7 Å². The Balaban J connectivity index is 2.01. The van der Waals surface area contributed by atoms with Crippen molar-refractivity contribution in [2.24, 2.45) is 0 Å². The molecule has 1 unspecified atom stereocenters. The van der Waals surface area contributed by atoms with Crippen molar-refractivity contribution >= 4 is 23.1 Å². The van der Waals surface area contributed by atoms with Crippen LogP contribution in [0.25, 0.3) is 11.4 Å². The second-order valence-corrected chi connectivity index (χ2v) is 8.81. The van der Waals surface area contributed by atoms with Gasteiger partial charge >= 0.3 is 0 Å². The molecule has 2 aromatic heterocycles. The number of aliphatic hydroxyl groups is 1. The number of amides is 1. The summed E-state index contributed by atoms with van der Waals surface area (Å²) in [6.07, 6.45) is 1.78. The van der Waals surface area contributed by atoms with Crippen LogP contribution in [0.15, 0.2) is 42.1 Å². The van der Waals surface area contributed by atoms with E-state index in [9.17, 15) is 14.7 Å². The third-order valence-electron chi connectivity index (χ3n) is 6.30. The highest BCUT2D eigenvalue weighted by Gasteiger charge is 2.47. The number of hydrogen-bond acceptors (Lipinski definition) is 7. The molecule has 3 heterocycles. The minimum Gasteiger partial charge on any atom is -0.505 e. The normalized spacial score (nSPS) is 17.6. The number of imidazole rings is 1. The first-order valence-corrected chi connectivity index (χ1v) is 11.3. The molecule has 3 aromatic rings. The number of fused-ring (bicyclic) bond motifs is 1. The summed E-state index contributed by atoms with van der Waals surface area (Å²) in [7, 11) is 6.81. The molecule has 1 amide bonds. The van der Waals surface area contributed by atoms with Gasteiger partial charge in [-0.05, 0) is 45.6 Å². The monoisotopic (exact) mass is 478 g/mol. The summed E-state index contributed by atoms with van der Waals surface area (Å²) in [5, 5.41) is 11.6. The van der Waals surface area contributed by atoms with Gasteiger partial charge in [-0.1, -0.05) is 18.2 Å². The standard InChI is InChI=1S/C26H30N4O5/c1-15-9-8-12-29-20(16(2)27-25(15)29)22(31)19-21(17-10-7-11-18(34-5)24(17)35-6)30(14-13-28(3)4)26(33)23(19)32/h7-12,21,31H,13-14H2,1-6H3/b22-19+. The molecular weight excluding hydrogens is 448 g/mol. The van der Waals surface area contributed by atoms with E-state index in [0.29, 0.717) is 40.6 Å². The van der Waals surface area contributed by atoms with E-state index in [2.05, 4.69) is 4.98 Å². The number of aryl methyl sites for hydroxylation is 2. The van der Waals surface area contributed by atoms with Gasteiger partial charge in [0.2, 0.25) is 0 Å². The largest absolute Gasteiger partial charge is 0.505 e. The molecule has 1 atom stereocenters. The van der Waals surface area contributed by atoms with Crippen LogP contribution in [0.4, 0.5) is 0 Å². The number of hydrogen-bond donors (Lipinski definition) is 1. The van der Waals surface area contributed by atoms with Crippen LogP contribution in [-0.4, -0.2) is 77.4 Å². The van der Waals surface area contributed by atoms with Gasteiger partial charge in [-0.25, -0.2) is 4.98 Å². The number of likely N-dealkylation sites (N-methyl/N-ethyl adjacent to an activating group) is 1. The first kappa shape index (κ1) is 24.3. The number of nitrogens with zero attached hydrogens (tertiary/aromatic N) is 4. The molecule has 1 aromatic carbocycles. The summed E-state index contributed by atoms with van der Waals surface area (Å²) in [5.41, 5.74) is 3.06. The lowest BCUT2D eigenvalue weighted by Crippen LogP contribution is -2.35. The highest BCUT2D eigenvalue weighted by molar-refractivity contribution is 6.46. The Kier molecular flexibility index (Phi) is 6.53. The number of pyridine rings is 1. The number of Topliss-reactive ketones (excluding diaryl/α,β-unsaturated/α-hetero) is 1. The van der Waals surface area contributed by atoms with Crippen LogP contribution >= 0.6 is 0 Å². The van der Waals surface area contributed by atoms with Crippen LogP contribution in [0.2, 0.25) is 0 Å². The van der Waals surface area contributed by atoms with E-state index in [1.165, 1.54) is 19.1 Å². The van der Waals surface area contributed by atoms with Crippen molar-refractivity contribution in [1.29, 1.82) is 0 Å². The van der Waals surface area contributed by atoms with E-state index in [1.807, 2.05) is 38.1 Å². The molecule has 1 fully saturated rings. The van der Waals surface area contributed by atoms with Crippen molar-refractivity contribution in [2.45, 2.75) is 19.9 Å². The van der Waals surface area contributed by atoms with E-state index in [1.54, 1.807) is 35.7 Å². The van der Waals surface area contributed by atoms with Crippen molar-refractivity contribution in [3.05, 3.63) is 64.6 Å². The first-order chi connectivity index (χ1) is 16.7. The number of carbonyl (C=O) groups excluding carboxylic acids is 2. The third kappa shape index (κ3) is 4.01. The summed E-state index contributed by atoms with van der Waals surface area (Å²) in [6, 6.07) is 8.19. The molecule has 4 rings (SSSR count). The van der Waals surface area contributed by atoms with E-state index >= 15 is 0 Å². The lowest BCUT2D eigenvalue weighted by atomic mass is 9.95. The number of ether oxygens (including phenoxy) is 2. The second kappa shape index (κ2) is 9.42. The van der Waals surface area contributed by atoms with E-state index in [-0.39, 0.29) is 17.9 Å². The smallest absolute Gasteiger partial charge is 0.295 e. The number of carbonyl (C=O) groups is 2. The lowest BCUT2D eigenvalue weighted by molar-refractivity contribution is -0.140. The van der Waals surface area contributed by atoms with Crippen molar-refractivity contribution in [3.8, 4) is 11.5 Å². The van der Waals surface area contributed by atoms with Crippen molar-refractivity contribution in [1.82, 2.24) is 19.2 Å². The number of likely N-dealkylation sites (tertiary alicyclic amines) is 1. The van der Waals surface area contributed by atoms with Gasteiger partial charge < -0.3 is 24.4 Å². The van der Waals surface area contributed by atoms with Gasteiger partial charge in [0.25, 0.3) is 11.7 Å². The van der Waals surface area contributed by atoms with Crippen molar-refractivity contribution < 1.29 is 24.2 Å². The molecular formula is C26H30N4O5. The molecule has 35 heavy (non-hydrogen) atoms. The van der Waals surface area contributed by atoms with Gasteiger partial charge in [-0.15, -0.1) is 0 Å². The molecule has 1 saturated heterocycles. The minimum absolute atomic E-state index is 0.00767. The molecule has 0 radical (unpaired) electrons. The van der Waals surface area contributed by atoms with Crippen molar-refractivity contribution in [2.75, 3.05) is 41.4 Å². The SMILES string of the molecule is COc1cccc(C2/C(=C(\O)c3c(C)nc4c(C)cccn34)C(=O)C(=O)N2CCN(C)C)c1OC. The quantitative estimate of drug-likeness (QED) is 0.317. The van der Waals surface area contributed by atoms with E-state index in [4.69, 9.17) is 9.47 Å². The second-order valence-electron chi connectivity index (χ2n) is 8.81. The fourth-order valence-electron chi connectivity index (χ4n) is 4.60. The maximum absolute atomic E-state index is 13.4. The number of rotatable bonds is 7. The molecule has 9 heteroatoms.